The van der Waals surface area contributed by atoms with Crippen molar-refractivity contribution in [2.75, 3.05) is 0 Å². The summed E-state index contributed by atoms with van der Waals surface area (Å²) in [5, 5.41) is 1.59. The highest BCUT2D eigenvalue weighted by Crippen LogP contribution is 2.46. The summed E-state index contributed by atoms with van der Waals surface area (Å²) in [7, 11) is 0. The number of halogens is 2. The van der Waals surface area contributed by atoms with Gasteiger partial charge in [0.05, 0.1) is 0 Å². The molecule has 0 aliphatic heterocycles. The average Bonchev–Trinajstić information content (AvgIpc) is 3.19. The smallest absolute Gasteiger partial charge is 0.0406 e. The fourth-order valence-electron chi connectivity index (χ4n) is 2.51. The van der Waals surface area contributed by atoms with E-state index in [1.165, 1.54) is 24.0 Å². The highest BCUT2D eigenvalue weighted by Gasteiger charge is 2.33. The molecule has 1 aliphatic rings. The summed E-state index contributed by atoms with van der Waals surface area (Å²) < 4.78 is 0. The Bertz CT molecular complexity index is 479. The molecule has 18 heavy (non-hydrogen) atoms. The van der Waals surface area contributed by atoms with Crippen LogP contribution in [0, 0.1) is 5.92 Å². The van der Waals surface area contributed by atoms with Crippen LogP contribution in [0.4, 0.5) is 0 Å². The number of rotatable bonds is 3. The van der Waals surface area contributed by atoms with E-state index in [4.69, 9.17) is 23.2 Å². The zero-order chi connectivity index (χ0) is 12.5. The summed E-state index contributed by atoms with van der Waals surface area (Å²) in [5.41, 5.74) is 2.70. The van der Waals surface area contributed by atoms with Crippen molar-refractivity contribution in [1.82, 2.24) is 0 Å². The van der Waals surface area contributed by atoms with Crippen molar-refractivity contribution in [1.29, 1.82) is 0 Å². The Labute approximate surface area is 118 Å². The zero-order valence-corrected chi connectivity index (χ0v) is 11.5. The van der Waals surface area contributed by atoms with Gasteiger partial charge in [0.2, 0.25) is 0 Å². The third-order valence-electron chi connectivity index (χ3n) is 3.55. The van der Waals surface area contributed by atoms with Crippen LogP contribution in [-0.2, 0) is 0 Å². The molecule has 0 amide bonds. The highest BCUT2D eigenvalue weighted by atomic mass is 35.5. The largest absolute Gasteiger partial charge is 0.0843 e. The first-order valence-electron chi connectivity index (χ1n) is 6.25. The van der Waals surface area contributed by atoms with E-state index < -0.39 is 0 Å². The molecule has 1 aliphatic carbocycles. The summed E-state index contributed by atoms with van der Waals surface area (Å²) in [5.74, 6) is 1.26. The molecule has 0 saturated heterocycles. The zero-order valence-electron chi connectivity index (χ0n) is 9.94. The molecule has 0 aromatic heterocycles. The number of benzene rings is 2. The fraction of sp³-hybridized carbons (Fsp3) is 0.250. The van der Waals surface area contributed by atoms with Crippen LogP contribution in [0.1, 0.15) is 29.9 Å². The van der Waals surface area contributed by atoms with Crippen molar-refractivity contribution >= 4 is 23.2 Å². The van der Waals surface area contributed by atoms with Crippen molar-refractivity contribution in [2.24, 2.45) is 5.92 Å². The third kappa shape index (κ3) is 2.55. The van der Waals surface area contributed by atoms with Crippen LogP contribution in [-0.4, -0.2) is 0 Å². The van der Waals surface area contributed by atoms with Gasteiger partial charge in [0.1, 0.15) is 0 Å². The van der Waals surface area contributed by atoms with Crippen molar-refractivity contribution in [3.8, 4) is 0 Å². The molecule has 0 heterocycles. The van der Waals surface area contributed by atoms with Crippen LogP contribution in [0.25, 0.3) is 0 Å². The van der Waals surface area contributed by atoms with Crippen LogP contribution in [0.3, 0.4) is 0 Å². The summed E-state index contributed by atoms with van der Waals surface area (Å²) in [6, 6.07) is 16.5. The van der Waals surface area contributed by atoms with Crippen molar-refractivity contribution in [3.05, 3.63) is 69.7 Å². The van der Waals surface area contributed by atoms with Crippen LogP contribution < -0.4 is 0 Å². The topological polar surface area (TPSA) is 0 Å². The molecular weight excluding hydrogens is 263 g/mol. The van der Waals surface area contributed by atoms with E-state index in [2.05, 4.69) is 24.3 Å². The van der Waals surface area contributed by atoms with E-state index in [1.54, 1.807) is 0 Å². The van der Waals surface area contributed by atoms with Gasteiger partial charge >= 0.3 is 0 Å². The maximum absolute atomic E-state index is 5.96. The summed E-state index contributed by atoms with van der Waals surface area (Å²) in [4.78, 5) is 0. The first-order chi connectivity index (χ1) is 8.74. The fourth-order valence-corrected chi connectivity index (χ4v) is 2.76. The van der Waals surface area contributed by atoms with E-state index in [0.717, 1.165) is 16.0 Å². The van der Waals surface area contributed by atoms with Crippen LogP contribution in [0.5, 0.6) is 0 Å². The third-order valence-corrected chi connectivity index (χ3v) is 4.06. The molecule has 2 aromatic rings. The highest BCUT2D eigenvalue weighted by molar-refractivity contribution is 6.30. The predicted molar refractivity (Wildman–Crippen MR) is 77.5 cm³/mol. The monoisotopic (exact) mass is 276 g/mol. The summed E-state index contributed by atoms with van der Waals surface area (Å²) in [6.45, 7) is 0. The molecule has 2 heteroatoms. The average molecular weight is 277 g/mol. The predicted octanol–water partition coefficient (Wildman–Crippen LogP) is 5.54. The van der Waals surface area contributed by atoms with E-state index >= 15 is 0 Å². The summed E-state index contributed by atoms with van der Waals surface area (Å²) in [6.07, 6.45) is 2.63. The minimum atomic E-state index is 0.486. The van der Waals surface area contributed by atoms with Gasteiger partial charge in [-0.25, -0.2) is 0 Å². The molecule has 3 rings (SSSR count). The van der Waals surface area contributed by atoms with E-state index in [1.807, 2.05) is 24.3 Å². The first-order valence-corrected chi connectivity index (χ1v) is 7.00. The minimum absolute atomic E-state index is 0.486. The van der Waals surface area contributed by atoms with Gasteiger partial charge in [0.15, 0.2) is 0 Å². The van der Waals surface area contributed by atoms with E-state index in [9.17, 15) is 0 Å². The van der Waals surface area contributed by atoms with Crippen LogP contribution >= 0.6 is 23.2 Å². The Kier molecular flexibility index (Phi) is 3.32. The maximum Gasteiger partial charge on any atom is 0.0406 e. The molecule has 0 N–H and O–H groups in total. The van der Waals surface area contributed by atoms with E-state index in [-0.39, 0.29) is 0 Å². The molecule has 0 atom stereocenters. The second-order valence-electron chi connectivity index (χ2n) is 4.92. The number of hydrogen-bond donors (Lipinski definition) is 0. The number of hydrogen-bond acceptors (Lipinski definition) is 0. The van der Waals surface area contributed by atoms with Crippen LogP contribution in [0.15, 0.2) is 48.5 Å². The Balaban J connectivity index is 1.97. The van der Waals surface area contributed by atoms with Crippen molar-refractivity contribution < 1.29 is 0 Å². The first kappa shape index (κ1) is 12.1. The molecule has 0 bridgehead atoms. The standard InChI is InChI=1S/C16H14Cl2/c17-14-7-3-12(4-8-14)16(11-1-2-11)13-5-9-15(18)10-6-13/h3-11,16H,1-2H2. The quantitative estimate of drug-likeness (QED) is 0.691. The molecule has 92 valence electrons. The lowest BCUT2D eigenvalue weighted by Gasteiger charge is -2.17. The maximum atomic E-state index is 5.96. The molecule has 1 saturated carbocycles. The lowest BCUT2D eigenvalue weighted by atomic mass is 9.87. The van der Waals surface area contributed by atoms with Gasteiger partial charge < -0.3 is 0 Å². The normalized spacial score (nSPS) is 15.1. The van der Waals surface area contributed by atoms with Gasteiger partial charge in [-0.3, -0.25) is 0 Å². The summed E-state index contributed by atoms with van der Waals surface area (Å²) >= 11 is 11.9. The molecule has 0 nitrogen and oxygen atoms in total. The van der Waals surface area contributed by atoms with Gasteiger partial charge in [-0.15, -0.1) is 0 Å². The van der Waals surface area contributed by atoms with Gasteiger partial charge in [-0.2, -0.15) is 0 Å². The van der Waals surface area contributed by atoms with E-state index in [0.29, 0.717) is 5.92 Å². The molecule has 0 unspecified atom stereocenters. The van der Waals surface area contributed by atoms with Crippen LogP contribution in [0.2, 0.25) is 10.0 Å². The molecular formula is C16H14Cl2. The second kappa shape index (κ2) is 4.95. The Morgan fingerprint density at radius 2 is 1.11 bits per heavy atom. The molecule has 0 radical (unpaired) electrons. The SMILES string of the molecule is Clc1ccc(C(c2ccc(Cl)cc2)C2CC2)cc1. The van der Waals surface area contributed by atoms with Gasteiger partial charge in [-0.1, -0.05) is 47.5 Å². The molecule has 2 aromatic carbocycles. The Hall–Kier alpha value is -0.980. The molecule has 0 spiro atoms. The minimum Gasteiger partial charge on any atom is -0.0843 e. The van der Waals surface area contributed by atoms with Gasteiger partial charge in [0, 0.05) is 16.0 Å². The Morgan fingerprint density at radius 1 is 0.722 bits per heavy atom. The Morgan fingerprint density at radius 3 is 1.44 bits per heavy atom. The van der Waals surface area contributed by atoms with Gasteiger partial charge in [-0.05, 0) is 54.2 Å². The van der Waals surface area contributed by atoms with Gasteiger partial charge in [0.25, 0.3) is 0 Å². The lowest BCUT2D eigenvalue weighted by molar-refractivity contribution is 0.704. The second-order valence-corrected chi connectivity index (χ2v) is 5.79. The van der Waals surface area contributed by atoms with Crippen molar-refractivity contribution in [2.45, 2.75) is 18.8 Å². The molecule has 1 fully saturated rings. The lowest BCUT2D eigenvalue weighted by Crippen LogP contribution is -2.03. The van der Waals surface area contributed by atoms with Crippen molar-refractivity contribution in [3.63, 3.8) is 0 Å².